The van der Waals surface area contributed by atoms with Gasteiger partial charge in [0.1, 0.15) is 23.4 Å². The third-order valence-corrected chi connectivity index (χ3v) is 6.18. The van der Waals surface area contributed by atoms with Crippen LogP contribution in [0.3, 0.4) is 0 Å². The molecule has 1 aliphatic heterocycles. The van der Waals surface area contributed by atoms with Gasteiger partial charge in [-0.15, -0.1) is 11.3 Å². The van der Waals surface area contributed by atoms with Gasteiger partial charge in [-0.05, 0) is 37.8 Å². The number of anilines is 1. The molecule has 3 heterocycles. The van der Waals surface area contributed by atoms with Crippen molar-refractivity contribution >= 4 is 45.3 Å². The zero-order chi connectivity index (χ0) is 20.2. The highest BCUT2D eigenvalue weighted by Crippen LogP contribution is 2.42. The van der Waals surface area contributed by atoms with Gasteiger partial charge < -0.3 is 15.1 Å². The molecule has 0 bridgehead atoms. The number of fused-ring (bicyclic) bond motifs is 1. The molecule has 1 unspecified atom stereocenters. The van der Waals surface area contributed by atoms with Crippen LogP contribution in [0.1, 0.15) is 19.8 Å². The first-order valence-electron chi connectivity index (χ1n) is 9.32. The molecule has 1 atom stereocenters. The van der Waals surface area contributed by atoms with Crippen LogP contribution in [-0.2, 0) is 9.59 Å². The number of thiazole rings is 1. The number of hydrogen-bond donors (Lipinski definition) is 2. The smallest absolute Gasteiger partial charge is 0.325 e. The minimum Gasteiger partial charge on any atom is -0.454 e. The molecule has 0 radical (unpaired) electrons. The van der Waals surface area contributed by atoms with Crippen molar-refractivity contribution in [1.82, 2.24) is 15.2 Å². The summed E-state index contributed by atoms with van der Waals surface area (Å²) < 4.78 is 5.78. The first-order chi connectivity index (χ1) is 13.9. The lowest BCUT2D eigenvalue weighted by Gasteiger charge is -2.20. The average molecular weight is 410 g/mol. The molecular weight excluding hydrogens is 392 g/mol. The summed E-state index contributed by atoms with van der Waals surface area (Å²) >= 11 is 1.25. The number of amides is 4. The van der Waals surface area contributed by atoms with Crippen molar-refractivity contribution in [2.75, 3.05) is 11.9 Å². The van der Waals surface area contributed by atoms with Crippen LogP contribution in [0.2, 0.25) is 0 Å². The van der Waals surface area contributed by atoms with Crippen molar-refractivity contribution in [2.45, 2.75) is 25.3 Å². The number of aromatic nitrogens is 1. The molecule has 0 spiro atoms. The zero-order valence-corrected chi connectivity index (χ0v) is 16.4. The molecule has 1 aliphatic carbocycles. The number of rotatable bonds is 5. The highest BCUT2D eigenvalue weighted by molar-refractivity contribution is 7.14. The molecule has 8 nitrogen and oxygen atoms in total. The lowest BCUT2D eigenvalue weighted by Crippen LogP contribution is -2.46. The number of nitrogens with one attached hydrogen (secondary N) is 2. The number of nitrogens with zero attached hydrogens (tertiary/aromatic N) is 2. The van der Waals surface area contributed by atoms with Gasteiger partial charge in [0.05, 0.1) is 0 Å². The third kappa shape index (κ3) is 3.07. The van der Waals surface area contributed by atoms with E-state index in [4.69, 9.17) is 4.42 Å². The molecule has 9 heteroatoms. The van der Waals surface area contributed by atoms with Crippen LogP contribution < -0.4 is 10.6 Å². The van der Waals surface area contributed by atoms with E-state index in [1.165, 1.54) is 11.3 Å². The number of urea groups is 1. The summed E-state index contributed by atoms with van der Waals surface area (Å²) in [4.78, 5) is 42.6. The van der Waals surface area contributed by atoms with Crippen LogP contribution in [0.4, 0.5) is 9.93 Å². The first-order valence-corrected chi connectivity index (χ1v) is 10.2. The van der Waals surface area contributed by atoms with Crippen LogP contribution >= 0.6 is 11.3 Å². The summed E-state index contributed by atoms with van der Waals surface area (Å²) in [6.45, 7) is 1.38. The quantitative estimate of drug-likeness (QED) is 0.629. The standard InChI is InChI=1S/C20H18N4O4S/c1-20(12-6-7-12)17(26)24(19(27)23-20)9-16(25)22-18-21-13(10-29-18)15-8-11-4-2-3-5-14(11)28-15/h2-5,8,10,12H,6-7,9H2,1H3,(H,23,27)(H,21,22,25). The minimum absolute atomic E-state index is 0.150. The Bertz CT molecular complexity index is 1120. The predicted molar refractivity (Wildman–Crippen MR) is 107 cm³/mol. The lowest BCUT2D eigenvalue weighted by molar-refractivity contribution is -0.134. The molecule has 1 saturated carbocycles. The normalized spacial score (nSPS) is 21.6. The Kier molecular flexibility index (Phi) is 3.95. The van der Waals surface area contributed by atoms with E-state index in [0.717, 1.165) is 28.7 Å². The van der Waals surface area contributed by atoms with Gasteiger partial charge >= 0.3 is 6.03 Å². The fourth-order valence-electron chi connectivity index (χ4n) is 3.65. The molecule has 2 fully saturated rings. The summed E-state index contributed by atoms with van der Waals surface area (Å²) in [7, 11) is 0. The number of hydrogen-bond acceptors (Lipinski definition) is 6. The van der Waals surface area contributed by atoms with Gasteiger partial charge in [0.25, 0.3) is 5.91 Å². The summed E-state index contributed by atoms with van der Waals surface area (Å²) in [5, 5.41) is 8.52. The van der Waals surface area contributed by atoms with Gasteiger partial charge in [-0.3, -0.25) is 14.5 Å². The van der Waals surface area contributed by atoms with Crippen molar-refractivity contribution in [1.29, 1.82) is 0 Å². The fourth-order valence-corrected chi connectivity index (χ4v) is 4.37. The summed E-state index contributed by atoms with van der Waals surface area (Å²) in [5.41, 5.74) is 0.476. The molecule has 5 rings (SSSR count). The molecule has 2 aromatic heterocycles. The number of benzene rings is 1. The zero-order valence-electron chi connectivity index (χ0n) is 15.6. The molecule has 2 aliphatic rings. The Morgan fingerprint density at radius 2 is 2.17 bits per heavy atom. The summed E-state index contributed by atoms with van der Waals surface area (Å²) in [6.07, 6.45) is 1.82. The van der Waals surface area contributed by atoms with Gasteiger partial charge in [0.2, 0.25) is 5.91 Å². The molecule has 1 aromatic carbocycles. The molecule has 1 saturated heterocycles. The lowest BCUT2D eigenvalue weighted by atomic mass is 9.96. The van der Waals surface area contributed by atoms with Gasteiger partial charge in [0.15, 0.2) is 10.9 Å². The number of imide groups is 1. The van der Waals surface area contributed by atoms with Crippen LogP contribution in [-0.4, -0.2) is 39.8 Å². The fraction of sp³-hybridized carbons (Fsp3) is 0.300. The van der Waals surface area contributed by atoms with E-state index in [9.17, 15) is 14.4 Å². The number of carbonyl (C=O) groups is 3. The predicted octanol–water partition coefficient (Wildman–Crippen LogP) is 3.22. The summed E-state index contributed by atoms with van der Waals surface area (Å²) in [5.74, 6) is -0.0594. The van der Waals surface area contributed by atoms with Crippen molar-refractivity contribution < 1.29 is 18.8 Å². The van der Waals surface area contributed by atoms with Gasteiger partial charge in [0, 0.05) is 10.8 Å². The third-order valence-electron chi connectivity index (χ3n) is 5.43. The maximum absolute atomic E-state index is 12.6. The maximum Gasteiger partial charge on any atom is 0.325 e. The average Bonchev–Trinajstić information content (AvgIpc) is 3.24. The molecular formula is C20H18N4O4S. The Balaban J connectivity index is 1.27. The minimum atomic E-state index is -0.896. The van der Waals surface area contributed by atoms with E-state index < -0.39 is 17.5 Å². The van der Waals surface area contributed by atoms with E-state index >= 15 is 0 Å². The van der Waals surface area contributed by atoms with Crippen molar-refractivity contribution in [3.63, 3.8) is 0 Å². The van der Waals surface area contributed by atoms with Gasteiger partial charge in [-0.1, -0.05) is 18.2 Å². The number of carbonyl (C=O) groups excluding carboxylic acids is 3. The van der Waals surface area contributed by atoms with Crippen LogP contribution in [0.5, 0.6) is 0 Å². The molecule has 2 N–H and O–H groups in total. The monoisotopic (exact) mass is 410 g/mol. The number of furan rings is 1. The van der Waals surface area contributed by atoms with E-state index in [0.29, 0.717) is 16.6 Å². The Morgan fingerprint density at radius 3 is 2.93 bits per heavy atom. The largest absolute Gasteiger partial charge is 0.454 e. The summed E-state index contributed by atoms with van der Waals surface area (Å²) in [6, 6.07) is 9.01. The Morgan fingerprint density at radius 1 is 1.38 bits per heavy atom. The maximum atomic E-state index is 12.6. The second-order valence-corrected chi connectivity index (χ2v) is 8.39. The number of para-hydroxylation sites is 1. The van der Waals surface area contributed by atoms with Crippen molar-refractivity contribution in [3.05, 3.63) is 35.7 Å². The topological polar surface area (TPSA) is 105 Å². The van der Waals surface area contributed by atoms with E-state index in [-0.39, 0.29) is 18.4 Å². The van der Waals surface area contributed by atoms with Crippen LogP contribution in [0.25, 0.3) is 22.4 Å². The second kappa shape index (κ2) is 6.41. The second-order valence-electron chi connectivity index (χ2n) is 7.53. The van der Waals surface area contributed by atoms with Crippen molar-refractivity contribution in [3.8, 4) is 11.5 Å². The molecule has 29 heavy (non-hydrogen) atoms. The Labute approximate surface area is 169 Å². The first kappa shape index (κ1) is 17.9. The molecule has 4 amide bonds. The van der Waals surface area contributed by atoms with E-state index in [2.05, 4.69) is 15.6 Å². The molecule has 148 valence electrons. The van der Waals surface area contributed by atoms with E-state index in [1.807, 2.05) is 30.3 Å². The SMILES string of the molecule is CC1(C2CC2)NC(=O)N(CC(=O)Nc2nc(-c3cc4ccccc4o3)cs2)C1=O. The van der Waals surface area contributed by atoms with Crippen LogP contribution in [0.15, 0.2) is 40.1 Å². The van der Waals surface area contributed by atoms with Gasteiger partial charge in [-0.25, -0.2) is 9.78 Å². The van der Waals surface area contributed by atoms with Crippen LogP contribution in [0, 0.1) is 5.92 Å². The Hall–Kier alpha value is -3.20. The highest BCUT2D eigenvalue weighted by Gasteiger charge is 2.56. The van der Waals surface area contributed by atoms with Crippen molar-refractivity contribution in [2.24, 2.45) is 5.92 Å². The highest BCUT2D eigenvalue weighted by atomic mass is 32.1. The van der Waals surface area contributed by atoms with E-state index in [1.54, 1.807) is 12.3 Å². The van der Waals surface area contributed by atoms with Gasteiger partial charge in [-0.2, -0.15) is 0 Å². The molecule has 3 aromatic rings.